The Labute approximate surface area is 387 Å². The number of fused-ring (bicyclic) bond motifs is 3. The summed E-state index contributed by atoms with van der Waals surface area (Å²) >= 11 is 0. The van der Waals surface area contributed by atoms with Gasteiger partial charge < -0.3 is 60.5 Å². The zero-order valence-electron chi connectivity index (χ0n) is 35.6. The number of rotatable bonds is 6. The van der Waals surface area contributed by atoms with E-state index in [-0.39, 0.29) is 63.2 Å². The molecule has 336 valence electrons. The molecule has 6 atom stereocenters. The van der Waals surface area contributed by atoms with Crippen molar-refractivity contribution in [2.24, 2.45) is 0 Å². The summed E-state index contributed by atoms with van der Waals surface area (Å²) in [7, 11) is 0. The van der Waals surface area contributed by atoms with Crippen molar-refractivity contribution in [3.8, 4) is 69.0 Å². The molecule has 2 aliphatic carbocycles. The summed E-state index contributed by atoms with van der Waals surface area (Å²) in [5, 5.41) is 112. The third-order valence-electron chi connectivity index (χ3n) is 13.9. The van der Waals surface area contributed by atoms with E-state index in [1.807, 2.05) is 0 Å². The van der Waals surface area contributed by atoms with Gasteiger partial charge in [-0.25, -0.2) is 0 Å². The van der Waals surface area contributed by atoms with Gasteiger partial charge in [0.2, 0.25) is 0 Å². The molecule has 10 N–H and O–H groups in total. The number of allylic oxidation sites excluding steroid dienone is 2. The maximum Gasteiger partial charge on any atom is 0.135 e. The first-order valence-electron chi connectivity index (χ1n) is 21.9. The van der Waals surface area contributed by atoms with Crippen LogP contribution in [0.3, 0.4) is 0 Å². The number of benzene rings is 8. The lowest BCUT2D eigenvalue weighted by Gasteiger charge is -2.28. The van der Waals surface area contributed by atoms with Gasteiger partial charge >= 0.3 is 0 Å². The Morgan fingerprint density at radius 2 is 0.779 bits per heavy atom. The maximum atomic E-state index is 12.8. The van der Waals surface area contributed by atoms with Gasteiger partial charge in [-0.15, -0.1) is 0 Å². The van der Waals surface area contributed by atoms with E-state index in [1.165, 1.54) is 42.5 Å². The number of hydrogen-bond donors (Lipinski definition) is 10. The molecular weight excluding hydrogens is 865 g/mol. The largest absolute Gasteiger partial charge is 0.508 e. The second-order valence-electron chi connectivity index (χ2n) is 17.8. The van der Waals surface area contributed by atoms with E-state index in [4.69, 9.17) is 9.47 Å². The zero-order valence-corrected chi connectivity index (χ0v) is 35.6. The molecule has 0 fully saturated rings. The molecular formula is C56H40O12. The van der Waals surface area contributed by atoms with Crippen molar-refractivity contribution < 1.29 is 60.5 Å². The fourth-order valence-corrected chi connectivity index (χ4v) is 11.4. The summed E-state index contributed by atoms with van der Waals surface area (Å²) < 4.78 is 13.7. The minimum Gasteiger partial charge on any atom is -0.508 e. The van der Waals surface area contributed by atoms with Crippen molar-refractivity contribution in [1.29, 1.82) is 0 Å². The molecule has 0 saturated heterocycles. The maximum absolute atomic E-state index is 12.8. The average Bonchev–Trinajstić information content (AvgIpc) is 3.96. The minimum atomic E-state index is -0.958. The molecule has 68 heavy (non-hydrogen) atoms. The van der Waals surface area contributed by atoms with Crippen LogP contribution in [-0.4, -0.2) is 51.1 Å². The lowest BCUT2D eigenvalue weighted by molar-refractivity contribution is 0.221. The molecule has 12 nitrogen and oxygen atoms in total. The minimum absolute atomic E-state index is 0.00194. The highest BCUT2D eigenvalue weighted by molar-refractivity contribution is 6.08. The van der Waals surface area contributed by atoms with Crippen molar-refractivity contribution >= 4 is 11.1 Å². The van der Waals surface area contributed by atoms with Gasteiger partial charge in [-0.3, -0.25) is 0 Å². The van der Waals surface area contributed by atoms with Crippen LogP contribution >= 0.6 is 0 Å². The van der Waals surface area contributed by atoms with Crippen LogP contribution in [0.2, 0.25) is 0 Å². The van der Waals surface area contributed by atoms with Gasteiger partial charge in [0, 0.05) is 58.4 Å². The van der Waals surface area contributed by atoms with Crippen LogP contribution in [0.15, 0.2) is 146 Å². The molecule has 0 amide bonds. The van der Waals surface area contributed by atoms with E-state index in [1.54, 1.807) is 103 Å². The Morgan fingerprint density at radius 3 is 1.37 bits per heavy atom. The van der Waals surface area contributed by atoms with E-state index >= 15 is 0 Å². The molecule has 12 rings (SSSR count). The van der Waals surface area contributed by atoms with E-state index in [2.05, 4.69) is 0 Å². The van der Waals surface area contributed by atoms with Gasteiger partial charge in [-0.1, -0.05) is 48.5 Å². The summed E-state index contributed by atoms with van der Waals surface area (Å²) in [5.41, 5.74) is 7.82. The molecule has 0 unspecified atom stereocenters. The highest BCUT2D eigenvalue weighted by Crippen LogP contribution is 2.69. The summed E-state index contributed by atoms with van der Waals surface area (Å²) in [5.74, 6) is -3.88. The molecule has 12 heteroatoms. The van der Waals surface area contributed by atoms with Crippen molar-refractivity contribution in [2.75, 3.05) is 0 Å². The Kier molecular flexibility index (Phi) is 8.84. The van der Waals surface area contributed by atoms with Crippen molar-refractivity contribution in [2.45, 2.75) is 35.9 Å². The van der Waals surface area contributed by atoms with Crippen LogP contribution < -0.4 is 9.47 Å². The highest BCUT2D eigenvalue weighted by atomic mass is 16.5. The summed E-state index contributed by atoms with van der Waals surface area (Å²) in [6.07, 6.45) is -1.63. The SMILES string of the molecule is Oc1ccc(C2=C3c4c(c(O)cc5c4[C@H](c4cc(O)cc(O)c4[C@@H]3c3ccc(O)cc3)[C@@H](c3ccc(O)cc3)O5)[C@H]2c2cc(O)cc3c2[C@H](c2cc(O)cc(O)c2)[C@@H](c2ccc(O)cc2)O3)cc1. The van der Waals surface area contributed by atoms with E-state index in [0.29, 0.717) is 83.7 Å². The first-order chi connectivity index (χ1) is 32.8. The Morgan fingerprint density at radius 1 is 0.309 bits per heavy atom. The second-order valence-corrected chi connectivity index (χ2v) is 17.8. The summed E-state index contributed by atoms with van der Waals surface area (Å²) in [6, 6.07) is 38.0. The molecule has 0 saturated carbocycles. The lowest BCUT2D eigenvalue weighted by Crippen LogP contribution is -2.15. The van der Waals surface area contributed by atoms with Gasteiger partial charge in [0.25, 0.3) is 0 Å². The molecule has 0 aromatic heterocycles. The van der Waals surface area contributed by atoms with Crippen LogP contribution in [0.5, 0.6) is 69.0 Å². The zero-order chi connectivity index (χ0) is 46.9. The van der Waals surface area contributed by atoms with Crippen molar-refractivity contribution in [3.63, 3.8) is 0 Å². The molecule has 8 aromatic rings. The van der Waals surface area contributed by atoms with Crippen LogP contribution in [-0.2, 0) is 0 Å². The number of ether oxygens (including phenoxy) is 2. The Balaban J connectivity index is 1.23. The first kappa shape index (κ1) is 40.6. The number of phenolic OH excluding ortho intramolecular Hbond substituents is 10. The van der Waals surface area contributed by atoms with Gasteiger partial charge in [-0.2, -0.15) is 0 Å². The second kappa shape index (κ2) is 14.8. The normalized spacial score (nSPS) is 20.5. The number of phenols is 10. The smallest absolute Gasteiger partial charge is 0.135 e. The highest BCUT2D eigenvalue weighted by Gasteiger charge is 2.53. The van der Waals surface area contributed by atoms with Gasteiger partial charge in [0.15, 0.2) is 0 Å². The molecule has 0 spiro atoms. The first-order valence-corrected chi connectivity index (χ1v) is 21.9. The van der Waals surface area contributed by atoms with Gasteiger partial charge in [0.1, 0.15) is 81.2 Å². The standard InChI is InChI=1S/C56H40O12/c57-30-9-1-25(2-10-30)44-47-38(20-36(63)22-40(47)65)50-52-43(68-56(50)28-7-15-33(60)16-8-28)24-41(66)51-49(45(53(44)54(51)52)26-3-11-31(58)12-4-26)39-21-37(64)23-42-48(39)46(29-17-34(61)19-35(62)18-29)55(67-42)27-5-13-32(59)14-6-27/h1-24,44,46,49-50,55-66H/t44-,46-,49-,50-,55+,56+/m0/s1. The third kappa shape index (κ3) is 6.14. The molecule has 0 bridgehead atoms. The van der Waals surface area contributed by atoms with E-state index in [0.717, 1.165) is 0 Å². The van der Waals surface area contributed by atoms with Crippen molar-refractivity contribution in [3.05, 3.63) is 212 Å². The van der Waals surface area contributed by atoms with Gasteiger partial charge in [0.05, 0.1) is 11.8 Å². The molecule has 2 aliphatic heterocycles. The number of hydrogen-bond acceptors (Lipinski definition) is 12. The molecule has 2 heterocycles. The van der Waals surface area contributed by atoms with Crippen LogP contribution in [0.1, 0.15) is 103 Å². The topological polar surface area (TPSA) is 221 Å². The van der Waals surface area contributed by atoms with Crippen LogP contribution in [0.25, 0.3) is 11.1 Å². The number of aromatic hydroxyl groups is 10. The molecule has 8 aromatic carbocycles. The van der Waals surface area contributed by atoms with E-state index < -0.39 is 35.9 Å². The predicted octanol–water partition coefficient (Wildman–Crippen LogP) is 10.5. The average molecular weight is 905 g/mol. The fraction of sp³-hybridized carbons (Fsp3) is 0.107. The Bertz CT molecular complexity index is 3400. The lowest BCUT2D eigenvalue weighted by atomic mass is 9.74. The monoisotopic (exact) mass is 904 g/mol. The third-order valence-corrected chi connectivity index (χ3v) is 13.9. The van der Waals surface area contributed by atoms with Gasteiger partial charge in [-0.05, 0) is 128 Å². The quantitative estimate of drug-likeness (QED) is 0.0753. The van der Waals surface area contributed by atoms with E-state index in [9.17, 15) is 51.1 Å². The summed E-state index contributed by atoms with van der Waals surface area (Å²) in [6.45, 7) is 0. The molecule has 4 aliphatic rings. The summed E-state index contributed by atoms with van der Waals surface area (Å²) in [4.78, 5) is 0. The predicted molar refractivity (Wildman–Crippen MR) is 249 cm³/mol. The van der Waals surface area contributed by atoms with Crippen LogP contribution in [0.4, 0.5) is 0 Å². The Hall–Kier alpha value is -8.90. The fourth-order valence-electron chi connectivity index (χ4n) is 11.4. The van der Waals surface area contributed by atoms with Crippen molar-refractivity contribution in [1.82, 2.24) is 0 Å². The molecule has 0 radical (unpaired) electrons. The van der Waals surface area contributed by atoms with Crippen LogP contribution in [0, 0.1) is 0 Å².